The van der Waals surface area contributed by atoms with E-state index < -0.39 is 11.2 Å². The zero-order valence-corrected chi connectivity index (χ0v) is 20.7. The van der Waals surface area contributed by atoms with Crippen LogP contribution in [-0.4, -0.2) is 22.0 Å². The number of amides is 1. The van der Waals surface area contributed by atoms with E-state index in [9.17, 15) is 14.4 Å². The van der Waals surface area contributed by atoms with Gasteiger partial charge in [-0.05, 0) is 60.6 Å². The number of nitrogens with one attached hydrogen (secondary N) is 1. The maximum Gasteiger partial charge on any atom is 0.330 e. The first-order valence-corrected chi connectivity index (χ1v) is 12.7. The van der Waals surface area contributed by atoms with E-state index in [-0.39, 0.29) is 30.5 Å². The fraction of sp³-hybridized carbons (Fsp3) is 0.233. The van der Waals surface area contributed by atoms with Crippen LogP contribution >= 0.6 is 0 Å². The second-order valence-electron chi connectivity index (χ2n) is 9.44. The van der Waals surface area contributed by atoms with Crippen LogP contribution in [0.5, 0.6) is 0 Å². The van der Waals surface area contributed by atoms with Crippen molar-refractivity contribution in [3.63, 3.8) is 0 Å². The second kappa shape index (κ2) is 10.7. The number of nitrogen functional groups attached to an aromatic ring is 1. The Bertz CT molecular complexity index is 1580. The van der Waals surface area contributed by atoms with Crippen LogP contribution in [-0.2, 0) is 6.54 Å². The molecule has 1 aromatic heterocycles. The van der Waals surface area contributed by atoms with Crippen LogP contribution in [0.1, 0.15) is 48.0 Å². The van der Waals surface area contributed by atoms with Crippen molar-refractivity contribution in [2.75, 3.05) is 17.2 Å². The molecular formula is C30H30N4O3. The van der Waals surface area contributed by atoms with E-state index in [4.69, 9.17) is 5.73 Å². The summed E-state index contributed by atoms with van der Waals surface area (Å²) in [5.41, 5.74) is 7.80. The predicted molar refractivity (Wildman–Crippen MR) is 148 cm³/mol. The van der Waals surface area contributed by atoms with Gasteiger partial charge >= 0.3 is 5.69 Å². The van der Waals surface area contributed by atoms with Crippen LogP contribution < -0.4 is 21.9 Å². The van der Waals surface area contributed by atoms with Crippen molar-refractivity contribution in [3.8, 4) is 0 Å². The number of benzene rings is 3. The van der Waals surface area contributed by atoms with Gasteiger partial charge in [-0.2, -0.15) is 0 Å². The van der Waals surface area contributed by atoms with Gasteiger partial charge in [0.15, 0.2) is 5.69 Å². The van der Waals surface area contributed by atoms with Crippen LogP contribution in [0.15, 0.2) is 94.0 Å². The number of fused-ring (bicyclic) bond motifs is 1. The highest BCUT2D eigenvalue weighted by Gasteiger charge is 2.26. The van der Waals surface area contributed by atoms with Gasteiger partial charge < -0.3 is 10.6 Å². The smallest absolute Gasteiger partial charge is 0.330 e. The molecule has 188 valence electrons. The molecule has 0 bridgehead atoms. The number of aromatic amines is 1. The van der Waals surface area contributed by atoms with Gasteiger partial charge in [0.25, 0.3) is 11.5 Å². The Labute approximate surface area is 214 Å². The average Bonchev–Trinajstić information content (AvgIpc) is 2.93. The Morgan fingerprint density at radius 3 is 2.46 bits per heavy atom. The Hall–Kier alpha value is -4.39. The van der Waals surface area contributed by atoms with Crippen molar-refractivity contribution in [3.05, 3.63) is 116 Å². The fourth-order valence-electron chi connectivity index (χ4n) is 4.94. The predicted octanol–water partition coefficient (Wildman–Crippen LogP) is 4.86. The van der Waals surface area contributed by atoms with E-state index in [1.165, 1.54) is 21.5 Å². The van der Waals surface area contributed by atoms with Crippen LogP contribution in [0.2, 0.25) is 0 Å². The minimum Gasteiger partial charge on any atom is -0.383 e. The van der Waals surface area contributed by atoms with Gasteiger partial charge in [0.05, 0.1) is 6.54 Å². The quantitative estimate of drug-likeness (QED) is 0.358. The number of nitrogens with zero attached hydrogens (tertiary/aromatic N) is 2. The number of carbonyl (C=O) groups excluding carboxylic acids is 1. The molecule has 1 aliphatic carbocycles. The van der Waals surface area contributed by atoms with E-state index in [1.54, 1.807) is 6.07 Å². The molecule has 4 aromatic rings. The van der Waals surface area contributed by atoms with Gasteiger partial charge in [0, 0.05) is 12.1 Å². The van der Waals surface area contributed by atoms with Crippen molar-refractivity contribution in [2.45, 2.75) is 38.6 Å². The highest BCUT2D eigenvalue weighted by atomic mass is 16.2. The van der Waals surface area contributed by atoms with Gasteiger partial charge in [-0.3, -0.25) is 19.1 Å². The molecule has 7 heteroatoms. The maximum absolute atomic E-state index is 13.9. The molecule has 0 saturated carbocycles. The minimum atomic E-state index is -0.668. The Morgan fingerprint density at radius 2 is 1.70 bits per heavy atom. The standard InChI is InChI=1S/C30H30N4O3/c31-27-26(28(35)32-30(37)34(27)20-22-11-5-2-6-12-22)33(18-17-21-9-3-1-4-10-21)29(36)25-16-15-23-13-7-8-14-24(23)19-25/h2,5-9,11-16,19H,1,3-4,10,17-18,20,31H2,(H,32,35,37). The molecule has 0 aliphatic heterocycles. The monoisotopic (exact) mass is 494 g/mol. The van der Waals surface area contributed by atoms with Crippen molar-refractivity contribution in [1.82, 2.24) is 9.55 Å². The first-order valence-electron chi connectivity index (χ1n) is 12.7. The molecule has 0 radical (unpaired) electrons. The average molecular weight is 495 g/mol. The minimum absolute atomic E-state index is 0.00472. The molecule has 3 aromatic carbocycles. The van der Waals surface area contributed by atoms with Crippen LogP contribution in [0, 0.1) is 0 Å². The third kappa shape index (κ3) is 5.26. The van der Waals surface area contributed by atoms with Crippen molar-refractivity contribution < 1.29 is 4.79 Å². The Morgan fingerprint density at radius 1 is 0.946 bits per heavy atom. The van der Waals surface area contributed by atoms with E-state index in [2.05, 4.69) is 11.1 Å². The van der Waals surface area contributed by atoms with E-state index in [0.717, 1.165) is 35.6 Å². The number of rotatable bonds is 7. The summed E-state index contributed by atoms with van der Waals surface area (Å²) < 4.78 is 1.31. The molecule has 0 unspecified atom stereocenters. The molecule has 0 fully saturated rings. The lowest BCUT2D eigenvalue weighted by Gasteiger charge is -2.26. The second-order valence-corrected chi connectivity index (χ2v) is 9.44. The topological polar surface area (TPSA) is 101 Å². The normalized spacial score (nSPS) is 13.4. The molecule has 1 heterocycles. The lowest BCUT2D eigenvalue weighted by atomic mass is 9.97. The number of hydrogen-bond donors (Lipinski definition) is 2. The number of aromatic nitrogens is 2. The summed E-state index contributed by atoms with van der Waals surface area (Å²) in [6.45, 7) is 0.465. The SMILES string of the molecule is Nc1c(N(CCC2=CCCCC2)C(=O)c2ccc3ccccc3c2)c(=O)[nH]c(=O)n1Cc1ccccc1. The van der Waals surface area contributed by atoms with E-state index in [1.807, 2.05) is 66.7 Å². The maximum atomic E-state index is 13.9. The van der Waals surface area contributed by atoms with Gasteiger partial charge in [0.1, 0.15) is 5.82 Å². The first-order chi connectivity index (χ1) is 18.0. The summed E-state index contributed by atoms with van der Waals surface area (Å²) in [6, 6.07) is 22.7. The van der Waals surface area contributed by atoms with Crippen molar-refractivity contribution in [1.29, 1.82) is 0 Å². The summed E-state index contributed by atoms with van der Waals surface area (Å²) in [4.78, 5) is 43.7. The molecule has 3 N–H and O–H groups in total. The third-order valence-electron chi connectivity index (χ3n) is 6.95. The highest BCUT2D eigenvalue weighted by molar-refractivity contribution is 6.09. The summed E-state index contributed by atoms with van der Waals surface area (Å²) in [6.07, 6.45) is 7.16. The van der Waals surface area contributed by atoms with E-state index >= 15 is 0 Å². The number of hydrogen-bond acceptors (Lipinski definition) is 4. The van der Waals surface area contributed by atoms with Gasteiger partial charge in [-0.1, -0.05) is 72.3 Å². The molecule has 7 nitrogen and oxygen atoms in total. The number of H-pyrrole nitrogens is 1. The molecule has 1 amide bonds. The molecule has 1 aliphatic rings. The molecule has 0 atom stereocenters. The highest BCUT2D eigenvalue weighted by Crippen LogP contribution is 2.26. The van der Waals surface area contributed by atoms with Crippen LogP contribution in [0.3, 0.4) is 0 Å². The Balaban J connectivity index is 1.58. The summed E-state index contributed by atoms with van der Waals surface area (Å²) in [7, 11) is 0. The number of nitrogens with two attached hydrogens (primary N) is 1. The number of allylic oxidation sites excluding steroid dienone is 1. The number of anilines is 2. The van der Waals surface area contributed by atoms with Crippen molar-refractivity contribution >= 4 is 28.2 Å². The molecule has 0 spiro atoms. The van der Waals surface area contributed by atoms with Gasteiger partial charge in [-0.25, -0.2) is 4.79 Å². The van der Waals surface area contributed by atoms with Crippen LogP contribution in [0.25, 0.3) is 10.8 Å². The zero-order valence-electron chi connectivity index (χ0n) is 20.7. The lowest BCUT2D eigenvalue weighted by molar-refractivity contribution is 0.0987. The van der Waals surface area contributed by atoms with Crippen LogP contribution in [0.4, 0.5) is 11.5 Å². The van der Waals surface area contributed by atoms with Gasteiger partial charge in [-0.15, -0.1) is 0 Å². The van der Waals surface area contributed by atoms with E-state index in [0.29, 0.717) is 12.0 Å². The summed E-state index contributed by atoms with van der Waals surface area (Å²) >= 11 is 0. The third-order valence-corrected chi connectivity index (χ3v) is 6.95. The number of carbonyl (C=O) groups is 1. The Kier molecular flexibility index (Phi) is 7.03. The summed E-state index contributed by atoms with van der Waals surface area (Å²) in [5.74, 6) is -0.353. The molecule has 5 rings (SSSR count). The zero-order chi connectivity index (χ0) is 25.8. The molecular weight excluding hydrogens is 464 g/mol. The molecule has 37 heavy (non-hydrogen) atoms. The van der Waals surface area contributed by atoms with Gasteiger partial charge in [0.2, 0.25) is 0 Å². The fourth-order valence-corrected chi connectivity index (χ4v) is 4.94. The summed E-state index contributed by atoms with van der Waals surface area (Å²) in [5, 5.41) is 1.95. The largest absolute Gasteiger partial charge is 0.383 e. The van der Waals surface area contributed by atoms with Crippen molar-refractivity contribution in [2.24, 2.45) is 0 Å². The molecule has 0 saturated heterocycles. The first kappa shape index (κ1) is 24.3. The lowest BCUT2D eigenvalue weighted by Crippen LogP contribution is -2.42.